The maximum Gasteiger partial charge on any atom is 0.341 e. The highest BCUT2D eigenvalue weighted by molar-refractivity contribution is 6.31. The van der Waals surface area contributed by atoms with Crippen molar-refractivity contribution < 1.29 is 23.9 Å². The molecule has 10 heteroatoms. The minimum atomic E-state index is -0.704. The lowest BCUT2D eigenvalue weighted by atomic mass is 10.2. The molecule has 2 N–H and O–H groups in total. The molecular weight excluding hydrogens is 448 g/mol. The fraction of sp³-hybridized carbons (Fsp3) is 0.217. The van der Waals surface area contributed by atoms with Gasteiger partial charge < -0.3 is 20.1 Å². The van der Waals surface area contributed by atoms with Crippen LogP contribution in [-0.4, -0.2) is 47.8 Å². The van der Waals surface area contributed by atoms with Crippen LogP contribution in [0.3, 0.4) is 0 Å². The first-order chi connectivity index (χ1) is 15.9. The molecule has 0 radical (unpaired) electrons. The number of rotatable bonds is 9. The maximum absolute atomic E-state index is 12.2. The number of hydrogen-bond donors (Lipinski definition) is 2. The van der Waals surface area contributed by atoms with Crippen molar-refractivity contribution in [2.24, 2.45) is 0 Å². The molecule has 33 heavy (non-hydrogen) atoms. The molecule has 172 valence electrons. The summed E-state index contributed by atoms with van der Waals surface area (Å²) in [5.41, 5.74) is 2.48. The third-order valence-corrected chi connectivity index (χ3v) is 4.94. The lowest BCUT2D eigenvalue weighted by molar-refractivity contribution is -0.126. The third kappa shape index (κ3) is 6.81. The molecule has 2 aromatic carbocycles. The van der Waals surface area contributed by atoms with Gasteiger partial charge in [0.25, 0.3) is 5.91 Å². The Morgan fingerprint density at radius 3 is 2.67 bits per heavy atom. The molecule has 0 spiro atoms. The zero-order chi connectivity index (χ0) is 23.8. The zero-order valence-electron chi connectivity index (χ0n) is 18.1. The second-order valence-corrected chi connectivity index (χ2v) is 7.53. The molecule has 3 aromatic rings. The minimum Gasteiger partial charge on any atom is -0.495 e. The van der Waals surface area contributed by atoms with Crippen molar-refractivity contribution in [1.82, 2.24) is 15.1 Å². The average Bonchev–Trinajstić information content (AvgIpc) is 3.26. The Hall–Kier alpha value is -3.85. The van der Waals surface area contributed by atoms with Gasteiger partial charge in [-0.2, -0.15) is 5.10 Å². The Morgan fingerprint density at radius 2 is 1.91 bits per heavy atom. The summed E-state index contributed by atoms with van der Waals surface area (Å²) >= 11 is 6.14. The number of ether oxygens (including phenoxy) is 2. The molecule has 9 nitrogen and oxygen atoms in total. The van der Waals surface area contributed by atoms with E-state index in [0.29, 0.717) is 23.0 Å². The number of nitrogens with one attached hydrogen (secondary N) is 2. The van der Waals surface area contributed by atoms with Gasteiger partial charge in [0.1, 0.15) is 5.75 Å². The molecule has 2 amide bonds. The summed E-state index contributed by atoms with van der Waals surface area (Å²) in [6, 6.07) is 12.7. The number of anilines is 1. The van der Waals surface area contributed by atoms with Crippen molar-refractivity contribution in [2.75, 3.05) is 25.6 Å². The Labute approximate surface area is 195 Å². The minimum absolute atomic E-state index is 0.194. The van der Waals surface area contributed by atoms with Crippen LogP contribution in [0.1, 0.15) is 21.5 Å². The van der Waals surface area contributed by atoms with E-state index in [1.165, 1.54) is 19.5 Å². The largest absolute Gasteiger partial charge is 0.495 e. The van der Waals surface area contributed by atoms with E-state index in [2.05, 4.69) is 15.7 Å². The fourth-order valence-corrected chi connectivity index (χ4v) is 3.11. The number of methoxy groups -OCH3 is 1. The molecule has 0 saturated carbocycles. The van der Waals surface area contributed by atoms with E-state index >= 15 is 0 Å². The molecule has 0 unspecified atom stereocenters. The fourth-order valence-electron chi connectivity index (χ4n) is 2.91. The Morgan fingerprint density at radius 1 is 1.12 bits per heavy atom. The number of hydrogen-bond acceptors (Lipinski definition) is 6. The third-order valence-electron chi connectivity index (χ3n) is 4.57. The summed E-state index contributed by atoms with van der Waals surface area (Å²) in [5, 5.41) is 9.78. The monoisotopic (exact) mass is 470 g/mol. The second kappa shape index (κ2) is 11.1. The first kappa shape index (κ1) is 23.8. The van der Waals surface area contributed by atoms with Gasteiger partial charge in [-0.3, -0.25) is 14.3 Å². The lowest BCUT2D eigenvalue weighted by Gasteiger charge is -2.11. The predicted octanol–water partition coefficient (Wildman–Crippen LogP) is 2.81. The number of esters is 1. The normalized spacial score (nSPS) is 10.4. The van der Waals surface area contributed by atoms with Gasteiger partial charge in [0.2, 0.25) is 5.91 Å². The van der Waals surface area contributed by atoms with Gasteiger partial charge in [0.05, 0.1) is 37.6 Å². The van der Waals surface area contributed by atoms with Gasteiger partial charge in [-0.1, -0.05) is 35.9 Å². The molecule has 3 rings (SSSR count). The molecule has 0 saturated heterocycles. The summed E-state index contributed by atoms with van der Waals surface area (Å²) in [4.78, 5) is 36.3. The van der Waals surface area contributed by atoms with Crippen molar-refractivity contribution >= 4 is 35.1 Å². The van der Waals surface area contributed by atoms with Crippen LogP contribution in [0.15, 0.2) is 54.9 Å². The number of benzene rings is 2. The SMILES string of the molecule is COc1ccc(C)cc1NC(=O)CNC(=O)COC(=O)c1cnn(Cc2ccccc2Cl)c1. The van der Waals surface area contributed by atoms with Crippen molar-refractivity contribution in [3.8, 4) is 5.75 Å². The zero-order valence-corrected chi connectivity index (χ0v) is 18.9. The first-order valence-electron chi connectivity index (χ1n) is 10.00. The van der Waals surface area contributed by atoms with Crippen molar-refractivity contribution in [3.63, 3.8) is 0 Å². The Balaban J connectivity index is 1.44. The number of amides is 2. The highest BCUT2D eigenvalue weighted by atomic mass is 35.5. The van der Waals surface area contributed by atoms with Gasteiger partial charge in [0.15, 0.2) is 6.61 Å². The van der Waals surface area contributed by atoms with Gasteiger partial charge in [0, 0.05) is 11.2 Å². The predicted molar refractivity (Wildman–Crippen MR) is 122 cm³/mol. The molecular formula is C23H23ClN4O5. The van der Waals surface area contributed by atoms with Crippen LogP contribution in [0.4, 0.5) is 5.69 Å². The molecule has 1 aromatic heterocycles. The van der Waals surface area contributed by atoms with Crippen LogP contribution < -0.4 is 15.4 Å². The average molecular weight is 471 g/mol. The molecule has 0 fully saturated rings. The molecule has 0 atom stereocenters. The second-order valence-electron chi connectivity index (χ2n) is 7.12. The number of aromatic nitrogens is 2. The number of nitrogens with zero attached hydrogens (tertiary/aromatic N) is 2. The summed E-state index contributed by atoms with van der Waals surface area (Å²) in [6.45, 7) is 1.44. The molecule has 0 bridgehead atoms. The van der Waals surface area contributed by atoms with Gasteiger partial charge >= 0.3 is 5.97 Å². The maximum atomic E-state index is 12.2. The quantitative estimate of drug-likeness (QED) is 0.465. The van der Waals surface area contributed by atoms with Gasteiger partial charge in [-0.25, -0.2) is 4.79 Å². The number of carbonyl (C=O) groups is 3. The summed E-state index contributed by atoms with van der Waals surface area (Å²) in [7, 11) is 1.50. The van der Waals surface area contributed by atoms with E-state index in [1.807, 2.05) is 31.2 Å². The van der Waals surface area contributed by atoms with Crippen molar-refractivity contribution in [2.45, 2.75) is 13.5 Å². The van der Waals surface area contributed by atoms with E-state index in [9.17, 15) is 14.4 Å². The molecule has 0 aliphatic heterocycles. The highest BCUT2D eigenvalue weighted by Crippen LogP contribution is 2.24. The number of carbonyl (C=O) groups excluding carboxylic acids is 3. The molecule has 0 aliphatic carbocycles. The van der Waals surface area contributed by atoms with Crippen molar-refractivity contribution in [3.05, 3.63) is 76.6 Å². The van der Waals surface area contributed by atoms with Crippen LogP contribution in [0.2, 0.25) is 5.02 Å². The van der Waals surface area contributed by atoms with Gasteiger partial charge in [-0.05, 0) is 36.2 Å². The van der Waals surface area contributed by atoms with Crippen LogP contribution in [0.5, 0.6) is 5.75 Å². The van der Waals surface area contributed by atoms with Gasteiger partial charge in [-0.15, -0.1) is 0 Å². The van der Waals surface area contributed by atoms with Crippen LogP contribution in [0.25, 0.3) is 0 Å². The molecule has 1 heterocycles. The van der Waals surface area contributed by atoms with E-state index in [0.717, 1.165) is 11.1 Å². The van der Waals surface area contributed by atoms with E-state index in [4.69, 9.17) is 21.1 Å². The Kier molecular flexibility index (Phi) is 8.04. The number of halogens is 1. The van der Waals surface area contributed by atoms with Crippen molar-refractivity contribution in [1.29, 1.82) is 0 Å². The number of aryl methyl sites for hydroxylation is 1. The van der Waals surface area contributed by atoms with Crippen LogP contribution in [-0.2, 0) is 20.9 Å². The molecule has 0 aliphatic rings. The summed E-state index contributed by atoms with van der Waals surface area (Å²) in [6.07, 6.45) is 2.85. The lowest BCUT2D eigenvalue weighted by Crippen LogP contribution is -2.35. The topological polar surface area (TPSA) is 112 Å². The first-order valence-corrected chi connectivity index (χ1v) is 10.4. The summed E-state index contributed by atoms with van der Waals surface area (Å²) in [5.74, 6) is -1.26. The van der Waals surface area contributed by atoms with Crippen LogP contribution in [0, 0.1) is 6.92 Å². The smallest absolute Gasteiger partial charge is 0.341 e. The highest BCUT2D eigenvalue weighted by Gasteiger charge is 2.14. The summed E-state index contributed by atoms with van der Waals surface area (Å²) < 4.78 is 11.7. The van der Waals surface area contributed by atoms with E-state index < -0.39 is 24.4 Å². The van der Waals surface area contributed by atoms with Crippen LogP contribution >= 0.6 is 11.6 Å². The van der Waals surface area contributed by atoms with E-state index in [1.54, 1.807) is 22.9 Å². The van der Waals surface area contributed by atoms with E-state index in [-0.39, 0.29) is 12.1 Å². The Bertz CT molecular complexity index is 1160. The standard InChI is InChI=1S/C23H23ClN4O5/c1-15-7-8-20(32-2)19(9-15)27-21(29)11-25-22(30)14-33-23(31)17-10-26-28(13-17)12-16-5-3-4-6-18(16)24/h3-10,13H,11-12,14H2,1-2H3,(H,25,30)(H,27,29).